The van der Waals surface area contributed by atoms with Crippen LogP contribution in [0.3, 0.4) is 0 Å². The molecule has 5 heteroatoms. The molecule has 0 saturated carbocycles. The van der Waals surface area contributed by atoms with Crippen LogP contribution in [0.5, 0.6) is 0 Å². The quantitative estimate of drug-likeness (QED) is 0.737. The highest BCUT2D eigenvalue weighted by atomic mass is 19.3. The Morgan fingerprint density at radius 1 is 1.38 bits per heavy atom. The van der Waals surface area contributed by atoms with Gasteiger partial charge in [0, 0.05) is 32.1 Å². The van der Waals surface area contributed by atoms with Crippen molar-refractivity contribution < 1.29 is 13.6 Å². The Labute approximate surface area is 95.4 Å². The molecule has 1 amide bonds. The van der Waals surface area contributed by atoms with Gasteiger partial charge in [0.15, 0.2) is 0 Å². The summed E-state index contributed by atoms with van der Waals surface area (Å²) in [6, 6.07) is 0.197. The van der Waals surface area contributed by atoms with Gasteiger partial charge in [-0.05, 0) is 20.8 Å². The lowest BCUT2D eigenvalue weighted by atomic mass is 10.2. The average molecular weight is 234 g/mol. The Kier molecular flexibility index (Phi) is 4.24. The van der Waals surface area contributed by atoms with E-state index < -0.39 is 5.92 Å². The van der Waals surface area contributed by atoms with Crippen molar-refractivity contribution >= 4 is 5.91 Å². The Bertz CT molecular complexity index is 251. The summed E-state index contributed by atoms with van der Waals surface area (Å²) in [5.41, 5.74) is 0. The number of rotatable bonds is 4. The lowest BCUT2D eigenvalue weighted by Crippen LogP contribution is -2.53. The van der Waals surface area contributed by atoms with Gasteiger partial charge in [-0.15, -0.1) is 0 Å². The molecular weight excluding hydrogens is 214 g/mol. The second kappa shape index (κ2) is 5.08. The molecule has 0 radical (unpaired) electrons. The summed E-state index contributed by atoms with van der Waals surface area (Å²) in [4.78, 5) is 15.3. The summed E-state index contributed by atoms with van der Waals surface area (Å²) in [5.74, 6) is -2.60. The van der Waals surface area contributed by atoms with Gasteiger partial charge in [0.25, 0.3) is 0 Å². The van der Waals surface area contributed by atoms with Crippen LogP contribution in [0.2, 0.25) is 0 Å². The Morgan fingerprint density at radius 3 is 2.44 bits per heavy atom. The Balaban J connectivity index is 2.37. The molecule has 0 unspecified atom stereocenters. The number of hydrogen-bond acceptors (Lipinski definition) is 2. The molecule has 0 N–H and O–H groups in total. The van der Waals surface area contributed by atoms with Crippen molar-refractivity contribution in [1.29, 1.82) is 0 Å². The van der Waals surface area contributed by atoms with Crippen LogP contribution in [0.4, 0.5) is 8.78 Å². The number of carbonyl (C=O) groups is 1. The third kappa shape index (κ3) is 4.04. The molecule has 0 aromatic carbocycles. The van der Waals surface area contributed by atoms with Gasteiger partial charge in [-0.2, -0.15) is 0 Å². The van der Waals surface area contributed by atoms with Gasteiger partial charge in [0.1, 0.15) is 0 Å². The lowest BCUT2D eigenvalue weighted by molar-refractivity contribution is -0.138. The first-order chi connectivity index (χ1) is 7.29. The first-order valence-corrected chi connectivity index (χ1v) is 5.69. The second-order valence-electron chi connectivity index (χ2n) is 4.78. The maximum atomic E-state index is 12.7. The van der Waals surface area contributed by atoms with Crippen LogP contribution in [-0.4, -0.2) is 53.9 Å². The van der Waals surface area contributed by atoms with Crippen LogP contribution < -0.4 is 0 Å². The van der Waals surface area contributed by atoms with Gasteiger partial charge >= 0.3 is 0 Å². The van der Waals surface area contributed by atoms with Crippen molar-refractivity contribution in [1.82, 2.24) is 9.80 Å². The summed E-state index contributed by atoms with van der Waals surface area (Å²) in [6.07, 6.45) is -0.179. The molecule has 1 heterocycles. The normalized spacial score (nSPS) is 19.6. The van der Waals surface area contributed by atoms with E-state index in [4.69, 9.17) is 0 Å². The van der Waals surface area contributed by atoms with Crippen molar-refractivity contribution in [2.75, 3.05) is 26.2 Å². The molecule has 1 rings (SSSR count). The van der Waals surface area contributed by atoms with Crippen LogP contribution in [-0.2, 0) is 4.79 Å². The van der Waals surface area contributed by atoms with Crippen LogP contribution in [0, 0.1) is 0 Å². The summed E-state index contributed by atoms with van der Waals surface area (Å²) in [6.45, 7) is 6.75. The minimum absolute atomic E-state index is 0.0423. The zero-order valence-electron chi connectivity index (χ0n) is 10.2. The highest BCUT2D eigenvalue weighted by Gasteiger charge is 2.28. The Morgan fingerprint density at radius 2 is 2.00 bits per heavy atom. The van der Waals surface area contributed by atoms with E-state index in [-0.39, 0.29) is 24.9 Å². The topological polar surface area (TPSA) is 23.6 Å². The van der Waals surface area contributed by atoms with Crippen LogP contribution in [0.25, 0.3) is 0 Å². The highest BCUT2D eigenvalue weighted by molar-refractivity contribution is 5.79. The smallest absolute Gasteiger partial charge is 0.246 e. The zero-order chi connectivity index (χ0) is 12.3. The predicted octanol–water partition coefficient (Wildman–Crippen LogP) is 1.58. The first-order valence-electron chi connectivity index (χ1n) is 5.69. The van der Waals surface area contributed by atoms with E-state index in [0.29, 0.717) is 19.6 Å². The largest absolute Gasteiger partial charge is 0.338 e. The monoisotopic (exact) mass is 234 g/mol. The molecule has 0 atom stereocenters. The molecule has 16 heavy (non-hydrogen) atoms. The fourth-order valence-corrected chi connectivity index (χ4v) is 1.83. The molecule has 1 saturated heterocycles. The third-order valence-electron chi connectivity index (χ3n) is 2.83. The fourth-order valence-electron chi connectivity index (χ4n) is 1.83. The van der Waals surface area contributed by atoms with Crippen molar-refractivity contribution in [3.63, 3.8) is 0 Å². The van der Waals surface area contributed by atoms with Crippen molar-refractivity contribution in [2.24, 2.45) is 0 Å². The average Bonchev–Trinajstić information content (AvgIpc) is 2.13. The number of hydrogen-bond donors (Lipinski definition) is 0. The predicted molar refractivity (Wildman–Crippen MR) is 58.5 cm³/mol. The van der Waals surface area contributed by atoms with Crippen molar-refractivity contribution in [3.8, 4) is 0 Å². The van der Waals surface area contributed by atoms with E-state index in [1.165, 1.54) is 0 Å². The zero-order valence-corrected chi connectivity index (χ0v) is 10.2. The number of amides is 1. The minimum atomic E-state index is -2.64. The molecule has 1 aliphatic heterocycles. The van der Waals surface area contributed by atoms with Crippen molar-refractivity contribution in [3.05, 3.63) is 0 Å². The molecule has 3 nitrogen and oxygen atoms in total. The number of halogens is 2. The van der Waals surface area contributed by atoms with Gasteiger partial charge < -0.3 is 4.90 Å². The first kappa shape index (κ1) is 13.4. The van der Waals surface area contributed by atoms with E-state index in [1.54, 1.807) is 9.80 Å². The Hall–Kier alpha value is -0.710. The number of alkyl halides is 2. The van der Waals surface area contributed by atoms with E-state index in [2.05, 4.69) is 0 Å². The van der Waals surface area contributed by atoms with Crippen molar-refractivity contribution in [2.45, 2.75) is 39.2 Å². The lowest BCUT2D eigenvalue weighted by Gasteiger charge is -2.36. The summed E-state index contributed by atoms with van der Waals surface area (Å²) in [5, 5.41) is 0. The molecule has 0 spiro atoms. The molecule has 0 aromatic rings. The maximum Gasteiger partial charge on any atom is 0.246 e. The summed E-state index contributed by atoms with van der Waals surface area (Å²) < 4.78 is 25.3. The maximum absolute atomic E-state index is 12.7. The van der Waals surface area contributed by atoms with E-state index in [0.717, 1.165) is 6.92 Å². The number of nitrogens with zero attached hydrogens (tertiary/aromatic N) is 2. The fraction of sp³-hybridized carbons (Fsp3) is 0.909. The molecule has 0 aliphatic carbocycles. The van der Waals surface area contributed by atoms with Crippen LogP contribution in [0.1, 0.15) is 27.2 Å². The molecular formula is C11H20F2N2O. The van der Waals surface area contributed by atoms with Crippen LogP contribution >= 0.6 is 0 Å². The SMILES string of the molecule is CC(C)N1CCN(CCC(C)(F)F)CC1=O. The summed E-state index contributed by atoms with van der Waals surface area (Å²) >= 11 is 0. The van der Waals surface area contributed by atoms with E-state index >= 15 is 0 Å². The molecule has 1 fully saturated rings. The van der Waals surface area contributed by atoms with Gasteiger partial charge in [0.05, 0.1) is 6.54 Å². The standard InChI is InChI=1S/C11H20F2N2O/c1-9(2)15-7-6-14(8-10(15)16)5-4-11(3,12)13/h9H,4-8H2,1-3H3. The van der Waals surface area contributed by atoms with Gasteiger partial charge in [0.2, 0.25) is 11.8 Å². The molecule has 0 aromatic heterocycles. The van der Waals surface area contributed by atoms with E-state index in [9.17, 15) is 13.6 Å². The number of piperazine rings is 1. The third-order valence-corrected chi connectivity index (χ3v) is 2.83. The second-order valence-corrected chi connectivity index (χ2v) is 4.78. The minimum Gasteiger partial charge on any atom is -0.338 e. The molecule has 94 valence electrons. The van der Waals surface area contributed by atoms with Gasteiger partial charge in [-0.1, -0.05) is 0 Å². The van der Waals surface area contributed by atoms with Gasteiger partial charge in [-0.3, -0.25) is 9.69 Å². The van der Waals surface area contributed by atoms with Gasteiger partial charge in [-0.25, -0.2) is 8.78 Å². The molecule has 1 aliphatic rings. The number of carbonyl (C=O) groups excluding carboxylic acids is 1. The molecule has 0 bridgehead atoms. The summed E-state index contributed by atoms with van der Waals surface area (Å²) in [7, 11) is 0. The van der Waals surface area contributed by atoms with E-state index in [1.807, 2.05) is 13.8 Å². The van der Waals surface area contributed by atoms with Crippen LogP contribution in [0.15, 0.2) is 0 Å². The highest BCUT2D eigenvalue weighted by Crippen LogP contribution is 2.18.